The van der Waals surface area contributed by atoms with Crippen molar-refractivity contribution in [1.29, 1.82) is 0 Å². The smallest absolute Gasteiger partial charge is 0.335 e. The summed E-state index contributed by atoms with van der Waals surface area (Å²) in [5.41, 5.74) is 8.47. The molecule has 1 aliphatic rings. The molecule has 14 heavy (non-hydrogen) atoms. The molecule has 3 heteroatoms. The van der Waals surface area contributed by atoms with Crippen LogP contribution in [0.3, 0.4) is 0 Å². The average Bonchev–Trinajstić information content (AvgIpc) is 2.18. The molecule has 0 bridgehead atoms. The summed E-state index contributed by atoms with van der Waals surface area (Å²) < 4.78 is 0. The fourth-order valence-corrected chi connectivity index (χ4v) is 1.97. The second-order valence-corrected chi connectivity index (χ2v) is 3.72. The molecule has 3 nitrogen and oxygen atoms in total. The molecule has 0 unspecified atom stereocenters. The maximum absolute atomic E-state index is 10.8. The van der Waals surface area contributed by atoms with Crippen LogP contribution in [0.25, 0.3) is 0 Å². The minimum Gasteiger partial charge on any atom is -0.478 e. The normalized spacial score (nSPS) is 20.2. The van der Waals surface area contributed by atoms with E-state index in [4.69, 9.17) is 10.8 Å². The van der Waals surface area contributed by atoms with Crippen molar-refractivity contribution >= 4 is 5.97 Å². The van der Waals surface area contributed by atoms with Crippen LogP contribution >= 0.6 is 0 Å². The lowest BCUT2D eigenvalue weighted by Crippen LogP contribution is -2.18. The molecule has 0 spiro atoms. The van der Waals surface area contributed by atoms with Gasteiger partial charge in [0.05, 0.1) is 5.56 Å². The van der Waals surface area contributed by atoms with Crippen LogP contribution in [-0.4, -0.2) is 11.1 Å². The summed E-state index contributed by atoms with van der Waals surface area (Å²) in [6.45, 7) is 0. The monoisotopic (exact) mass is 191 g/mol. The standard InChI is InChI=1S/C11H13NO2/c12-10-3-1-2-7-4-5-8(11(13)14)6-9(7)10/h4-6,10H,1-3,12H2,(H,13,14)/t10-/m1/s1. The quantitative estimate of drug-likeness (QED) is 0.710. The van der Waals surface area contributed by atoms with Gasteiger partial charge in [-0.25, -0.2) is 4.79 Å². The van der Waals surface area contributed by atoms with Crippen LogP contribution in [-0.2, 0) is 6.42 Å². The molecule has 3 N–H and O–H groups in total. The summed E-state index contributed by atoms with van der Waals surface area (Å²) >= 11 is 0. The van der Waals surface area contributed by atoms with Gasteiger partial charge in [-0.1, -0.05) is 6.07 Å². The molecule has 0 amide bonds. The van der Waals surface area contributed by atoms with E-state index in [1.54, 1.807) is 12.1 Å². The molecule has 0 fully saturated rings. The Morgan fingerprint density at radius 1 is 1.50 bits per heavy atom. The lowest BCUT2D eigenvalue weighted by Gasteiger charge is -2.22. The molecule has 2 rings (SSSR count). The molecule has 0 radical (unpaired) electrons. The Balaban J connectivity index is 2.45. The number of carboxylic acid groups (broad SMARTS) is 1. The van der Waals surface area contributed by atoms with Crippen molar-refractivity contribution in [2.24, 2.45) is 5.73 Å². The summed E-state index contributed by atoms with van der Waals surface area (Å²) in [6, 6.07) is 5.26. The van der Waals surface area contributed by atoms with Crippen LogP contribution in [0.5, 0.6) is 0 Å². The Hall–Kier alpha value is -1.35. The minimum atomic E-state index is -0.884. The second kappa shape index (κ2) is 3.42. The third-order valence-corrected chi connectivity index (χ3v) is 2.75. The topological polar surface area (TPSA) is 63.3 Å². The number of rotatable bonds is 1. The first-order valence-electron chi connectivity index (χ1n) is 4.80. The van der Waals surface area contributed by atoms with Crippen LogP contribution in [0.15, 0.2) is 18.2 Å². The third kappa shape index (κ3) is 1.51. The zero-order chi connectivity index (χ0) is 10.1. The zero-order valence-corrected chi connectivity index (χ0v) is 7.86. The number of fused-ring (bicyclic) bond motifs is 1. The summed E-state index contributed by atoms with van der Waals surface area (Å²) in [5, 5.41) is 8.83. The fraction of sp³-hybridized carbons (Fsp3) is 0.364. The number of carbonyl (C=O) groups is 1. The molecule has 0 aliphatic heterocycles. The lowest BCUT2D eigenvalue weighted by atomic mass is 9.87. The fourth-order valence-electron chi connectivity index (χ4n) is 1.97. The highest BCUT2D eigenvalue weighted by Crippen LogP contribution is 2.28. The van der Waals surface area contributed by atoms with Crippen molar-refractivity contribution in [1.82, 2.24) is 0 Å². The maximum atomic E-state index is 10.8. The highest BCUT2D eigenvalue weighted by atomic mass is 16.4. The van der Waals surface area contributed by atoms with Gasteiger partial charge in [-0.2, -0.15) is 0 Å². The maximum Gasteiger partial charge on any atom is 0.335 e. The van der Waals surface area contributed by atoms with Gasteiger partial charge in [-0.3, -0.25) is 0 Å². The summed E-state index contributed by atoms with van der Waals surface area (Å²) in [5.74, 6) is -0.884. The highest BCUT2D eigenvalue weighted by molar-refractivity contribution is 5.88. The Labute approximate surface area is 82.5 Å². The van der Waals surface area contributed by atoms with Gasteiger partial charge < -0.3 is 10.8 Å². The molecule has 0 saturated carbocycles. The number of hydrogen-bond donors (Lipinski definition) is 2. The van der Waals surface area contributed by atoms with Gasteiger partial charge >= 0.3 is 5.97 Å². The van der Waals surface area contributed by atoms with Crippen LogP contribution in [0.2, 0.25) is 0 Å². The summed E-state index contributed by atoms with van der Waals surface area (Å²) in [6.07, 6.45) is 3.07. The van der Waals surface area contributed by atoms with Gasteiger partial charge in [0.1, 0.15) is 0 Å². The van der Waals surface area contributed by atoms with E-state index in [9.17, 15) is 4.79 Å². The zero-order valence-electron chi connectivity index (χ0n) is 7.86. The third-order valence-electron chi connectivity index (χ3n) is 2.75. The minimum absolute atomic E-state index is 0.0121. The Morgan fingerprint density at radius 2 is 2.29 bits per heavy atom. The number of aryl methyl sites for hydroxylation is 1. The first-order valence-corrected chi connectivity index (χ1v) is 4.80. The van der Waals surface area contributed by atoms with Crippen molar-refractivity contribution in [2.45, 2.75) is 25.3 Å². The van der Waals surface area contributed by atoms with Gasteiger partial charge in [-0.15, -0.1) is 0 Å². The van der Waals surface area contributed by atoms with Crippen molar-refractivity contribution in [3.8, 4) is 0 Å². The Morgan fingerprint density at radius 3 is 3.00 bits per heavy atom. The molecular weight excluding hydrogens is 178 g/mol. The molecule has 1 atom stereocenters. The van der Waals surface area contributed by atoms with E-state index in [0.717, 1.165) is 24.8 Å². The predicted molar refractivity (Wildman–Crippen MR) is 53.3 cm³/mol. The van der Waals surface area contributed by atoms with E-state index in [0.29, 0.717) is 5.56 Å². The van der Waals surface area contributed by atoms with Crippen LogP contribution in [0, 0.1) is 0 Å². The molecule has 1 aliphatic carbocycles. The number of nitrogens with two attached hydrogens (primary N) is 1. The van der Waals surface area contributed by atoms with Gasteiger partial charge in [0.2, 0.25) is 0 Å². The lowest BCUT2D eigenvalue weighted by molar-refractivity contribution is 0.0696. The van der Waals surface area contributed by atoms with Crippen molar-refractivity contribution in [3.63, 3.8) is 0 Å². The number of benzene rings is 1. The molecule has 1 aromatic carbocycles. The highest BCUT2D eigenvalue weighted by Gasteiger charge is 2.18. The molecule has 0 saturated heterocycles. The van der Waals surface area contributed by atoms with E-state index in [-0.39, 0.29) is 6.04 Å². The second-order valence-electron chi connectivity index (χ2n) is 3.72. The molecule has 1 aromatic rings. The van der Waals surface area contributed by atoms with Crippen molar-refractivity contribution in [2.75, 3.05) is 0 Å². The number of aromatic carboxylic acids is 1. The summed E-state index contributed by atoms with van der Waals surface area (Å²) in [4.78, 5) is 10.8. The van der Waals surface area contributed by atoms with E-state index in [1.807, 2.05) is 6.07 Å². The van der Waals surface area contributed by atoms with Crippen LogP contribution in [0.1, 0.15) is 40.4 Å². The summed E-state index contributed by atoms with van der Waals surface area (Å²) in [7, 11) is 0. The van der Waals surface area contributed by atoms with Gasteiger partial charge in [0.15, 0.2) is 0 Å². The molecule has 0 heterocycles. The largest absolute Gasteiger partial charge is 0.478 e. The first kappa shape index (κ1) is 9.21. The van der Waals surface area contributed by atoms with Crippen LogP contribution < -0.4 is 5.73 Å². The van der Waals surface area contributed by atoms with Gasteiger partial charge in [0, 0.05) is 6.04 Å². The molecule has 0 aromatic heterocycles. The van der Waals surface area contributed by atoms with E-state index in [1.165, 1.54) is 5.56 Å². The van der Waals surface area contributed by atoms with Crippen molar-refractivity contribution < 1.29 is 9.90 Å². The van der Waals surface area contributed by atoms with Crippen molar-refractivity contribution in [3.05, 3.63) is 34.9 Å². The van der Waals surface area contributed by atoms with Crippen LogP contribution in [0.4, 0.5) is 0 Å². The van der Waals surface area contributed by atoms with Gasteiger partial charge in [0.25, 0.3) is 0 Å². The predicted octanol–water partition coefficient (Wildman–Crippen LogP) is 1.72. The Bertz CT molecular complexity index is 374. The SMILES string of the molecule is N[C@@H]1CCCc2ccc(C(=O)O)cc21. The number of hydrogen-bond acceptors (Lipinski definition) is 2. The Kier molecular flexibility index (Phi) is 2.25. The van der Waals surface area contributed by atoms with Gasteiger partial charge in [-0.05, 0) is 42.5 Å². The number of carboxylic acids is 1. The molecular formula is C11H13NO2. The van der Waals surface area contributed by atoms with E-state index in [2.05, 4.69) is 0 Å². The average molecular weight is 191 g/mol. The van der Waals surface area contributed by atoms with E-state index >= 15 is 0 Å². The molecule has 74 valence electrons. The first-order chi connectivity index (χ1) is 6.68. The van der Waals surface area contributed by atoms with E-state index < -0.39 is 5.97 Å².